The van der Waals surface area contributed by atoms with Crippen LogP contribution in [-0.4, -0.2) is 47.1 Å². The Hall–Kier alpha value is -1.62. The zero-order chi connectivity index (χ0) is 12.3. The molecule has 1 aromatic heterocycles. The summed E-state index contributed by atoms with van der Waals surface area (Å²) in [4.78, 5) is 17.5. The average molecular weight is 235 g/mol. The molecule has 2 rings (SSSR count). The fourth-order valence-electron chi connectivity index (χ4n) is 2.09. The number of nitrogens with one attached hydrogen (secondary N) is 1. The summed E-state index contributed by atoms with van der Waals surface area (Å²) in [5.74, 6) is -0.0923. The van der Waals surface area contributed by atoms with Gasteiger partial charge in [0.1, 0.15) is 5.75 Å². The minimum atomic E-state index is -0.109. The van der Waals surface area contributed by atoms with Gasteiger partial charge in [0.25, 0.3) is 5.91 Å². The van der Waals surface area contributed by atoms with Gasteiger partial charge in [-0.3, -0.25) is 9.78 Å². The van der Waals surface area contributed by atoms with Crippen molar-refractivity contribution < 1.29 is 9.90 Å². The first-order chi connectivity index (χ1) is 8.16. The highest BCUT2D eigenvalue weighted by Crippen LogP contribution is 2.12. The van der Waals surface area contributed by atoms with Crippen LogP contribution in [0.3, 0.4) is 0 Å². The molecule has 1 aliphatic heterocycles. The van der Waals surface area contributed by atoms with Gasteiger partial charge in [-0.25, -0.2) is 0 Å². The van der Waals surface area contributed by atoms with E-state index in [1.54, 1.807) is 11.9 Å². The predicted molar refractivity (Wildman–Crippen MR) is 63.9 cm³/mol. The summed E-state index contributed by atoms with van der Waals surface area (Å²) in [7, 11) is 1.77. The second-order valence-electron chi connectivity index (χ2n) is 4.41. The van der Waals surface area contributed by atoms with Crippen molar-refractivity contribution in [2.24, 2.45) is 0 Å². The smallest absolute Gasteiger partial charge is 0.255 e. The number of aromatic hydroxyl groups is 1. The molecule has 0 aromatic carbocycles. The molecule has 2 heterocycles. The molecule has 2 N–H and O–H groups in total. The Bertz CT molecular complexity index is 402. The highest BCUT2D eigenvalue weighted by atomic mass is 16.3. The van der Waals surface area contributed by atoms with E-state index in [2.05, 4.69) is 10.3 Å². The maximum atomic E-state index is 12.0. The number of nitrogens with zero attached hydrogens (tertiary/aromatic N) is 2. The zero-order valence-electron chi connectivity index (χ0n) is 9.89. The van der Waals surface area contributed by atoms with Gasteiger partial charge in [-0.05, 0) is 25.5 Å². The Morgan fingerprint density at radius 3 is 3.12 bits per heavy atom. The van der Waals surface area contributed by atoms with Gasteiger partial charge < -0.3 is 15.3 Å². The second kappa shape index (κ2) is 5.14. The van der Waals surface area contributed by atoms with Crippen LogP contribution in [0.4, 0.5) is 0 Å². The number of rotatable bonds is 3. The van der Waals surface area contributed by atoms with Crippen LogP contribution >= 0.6 is 0 Å². The van der Waals surface area contributed by atoms with Crippen LogP contribution in [0.1, 0.15) is 23.2 Å². The molecule has 1 unspecified atom stereocenters. The number of hydrogen-bond acceptors (Lipinski definition) is 4. The molecule has 92 valence electrons. The molecule has 5 nitrogen and oxygen atoms in total. The molecule has 1 amide bonds. The summed E-state index contributed by atoms with van der Waals surface area (Å²) in [6, 6.07) is 1.82. The lowest BCUT2D eigenvalue weighted by Gasteiger charge is -2.21. The molecule has 1 fully saturated rings. The van der Waals surface area contributed by atoms with Crippen molar-refractivity contribution in [2.45, 2.75) is 18.9 Å². The van der Waals surface area contributed by atoms with E-state index in [0.29, 0.717) is 18.2 Å². The summed E-state index contributed by atoms with van der Waals surface area (Å²) in [5.41, 5.74) is 0.422. The van der Waals surface area contributed by atoms with E-state index >= 15 is 0 Å². The maximum absolute atomic E-state index is 12.0. The molecule has 1 atom stereocenters. The zero-order valence-corrected chi connectivity index (χ0v) is 9.89. The number of carbonyl (C=O) groups excluding carboxylic acids is 1. The third-order valence-corrected chi connectivity index (χ3v) is 2.97. The van der Waals surface area contributed by atoms with E-state index < -0.39 is 0 Å². The summed E-state index contributed by atoms with van der Waals surface area (Å²) in [6.45, 7) is 1.72. The van der Waals surface area contributed by atoms with Crippen molar-refractivity contribution in [1.82, 2.24) is 15.2 Å². The largest absolute Gasteiger partial charge is 0.506 e. The van der Waals surface area contributed by atoms with Crippen molar-refractivity contribution in [3.8, 4) is 5.75 Å². The average Bonchev–Trinajstić information content (AvgIpc) is 2.80. The third-order valence-electron chi connectivity index (χ3n) is 2.97. The highest BCUT2D eigenvalue weighted by molar-refractivity contribution is 5.94. The van der Waals surface area contributed by atoms with Gasteiger partial charge in [0.05, 0.1) is 11.8 Å². The maximum Gasteiger partial charge on any atom is 0.255 e. The normalized spacial score (nSPS) is 19.2. The van der Waals surface area contributed by atoms with Crippen molar-refractivity contribution in [1.29, 1.82) is 0 Å². The molecule has 0 spiro atoms. The second-order valence-corrected chi connectivity index (χ2v) is 4.41. The van der Waals surface area contributed by atoms with E-state index in [1.807, 2.05) is 0 Å². The SMILES string of the molecule is CN(CC1CCCN1)C(=O)c1cncc(O)c1. The predicted octanol–water partition coefficient (Wildman–Crippen LogP) is 0.611. The Morgan fingerprint density at radius 2 is 2.47 bits per heavy atom. The standard InChI is InChI=1S/C12H17N3O2/c1-15(8-10-3-2-4-14-10)12(17)9-5-11(16)7-13-6-9/h5-7,10,14,16H,2-4,8H2,1H3. The van der Waals surface area contributed by atoms with Crippen molar-refractivity contribution >= 4 is 5.91 Å². The lowest BCUT2D eigenvalue weighted by molar-refractivity contribution is 0.0783. The number of carbonyl (C=O) groups is 1. The van der Waals surface area contributed by atoms with Crippen LogP contribution < -0.4 is 5.32 Å². The van der Waals surface area contributed by atoms with Gasteiger partial charge in [-0.1, -0.05) is 0 Å². The Kier molecular flexibility index (Phi) is 3.58. The molecule has 5 heteroatoms. The summed E-state index contributed by atoms with van der Waals surface area (Å²) in [6.07, 6.45) is 5.06. The highest BCUT2D eigenvalue weighted by Gasteiger charge is 2.19. The molecule has 0 aliphatic carbocycles. The van der Waals surface area contributed by atoms with Crippen LogP contribution in [0.5, 0.6) is 5.75 Å². The summed E-state index contributed by atoms with van der Waals surface area (Å²) in [5, 5.41) is 12.6. The Labute approximate surface area is 100 Å². The van der Waals surface area contributed by atoms with Gasteiger partial charge in [-0.15, -0.1) is 0 Å². The van der Waals surface area contributed by atoms with E-state index in [4.69, 9.17) is 0 Å². The number of hydrogen-bond donors (Lipinski definition) is 2. The first kappa shape index (κ1) is 11.9. The summed E-state index contributed by atoms with van der Waals surface area (Å²) >= 11 is 0. The van der Waals surface area contributed by atoms with Crippen molar-refractivity contribution in [2.75, 3.05) is 20.1 Å². The van der Waals surface area contributed by atoms with Crippen LogP contribution in [0, 0.1) is 0 Å². The van der Waals surface area contributed by atoms with Gasteiger partial charge >= 0.3 is 0 Å². The van der Waals surface area contributed by atoms with Crippen LogP contribution in [0.15, 0.2) is 18.5 Å². The van der Waals surface area contributed by atoms with Gasteiger partial charge in [-0.2, -0.15) is 0 Å². The molecule has 17 heavy (non-hydrogen) atoms. The molecule has 1 aliphatic rings. The first-order valence-corrected chi connectivity index (χ1v) is 5.79. The molecule has 1 aromatic rings. The fourth-order valence-corrected chi connectivity index (χ4v) is 2.09. The summed E-state index contributed by atoms with van der Waals surface area (Å²) < 4.78 is 0. The van der Waals surface area contributed by atoms with E-state index in [1.165, 1.54) is 24.9 Å². The van der Waals surface area contributed by atoms with E-state index in [9.17, 15) is 9.90 Å². The number of likely N-dealkylation sites (N-methyl/N-ethyl adjacent to an activating group) is 1. The van der Waals surface area contributed by atoms with Gasteiger partial charge in [0, 0.05) is 25.8 Å². The van der Waals surface area contributed by atoms with Crippen molar-refractivity contribution in [3.05, 3.63) is 24.0 Å². The molecule has 0 bridgehead atoms. The topological polar surface area (TPSA) is 65.5 Å². The molecule has 0 radical (unpaired) electrons. The molecular formula is C12H17N3O2. The molecule has 0 saturated carbocycles. The molecule has 1 saturated heterocycles. The van der Waals surface area contributed by atoms with Crippen molar-refractivity contribution in [3.63, 3.8) is 0 Å². The van der Waals surface area contributed by atoms with Crippen LogP contribution in [0.2, 0.25) is 0 Å². The van der Waals surface area contributed by atoms with Crippen LogP contribution in [-0.2, 0) is 0 Å². The Balaban J connectivity index is 1.98. The van der Waals surface area contributed by atoms with E-state index in [0.717, 1.165) is 13.0 Å². The van der Waals surface area contributed by atoms with Crippen LogP contribution in [0.25, 0.3) is 0 Å². The lowest BCUT2D eigenvalue weighted by Crippen LogP contribution is -2.38. The van der Waals surface area contributed by atoms with E-state index in [-0.39, 0.29) is 11.7 Å². The number of amides is 1. The Morgan fingerprint density at radius 1 is 1.65 bits per heavy atom. The third kappa shape index (κ3) is 2.94. The monoisotopic (exact) mass is 235 g/mol. The molecular weight excluding hydrogens is 218 g/mol. The first-order valence-electron chi connectivity index (χ1n) is 5.79. The minimum Gasteiger partial charge on any atom is -0.506 e. The number of pyridine rings is 1. The van der Waals surface area contributed by atoms with Gasteiger partial charge in [0.2, 0.25) is 0 Å². The fraction of sp³-hybridized carbons (Fsp3) is 0.500. The van der Waals surface area contributed by atoms with Gasteiger partial charge in [0.15, 0.2) is 0 Å². The lowest BCUT2D eigenvalue weighted by atomic mass is 10.2. The number of aromatic nitrogens is 1. The minimum absolute atomic E-state index is 0.0169. The quantitative estimate of drug-likeness (QED) is 0.805.